The van der Waals surface area contributed by atoms with E-state index in [1.165, 1.54) is 25.1 Å². The zero-order valence-corrected chi connectivity index (χ0v) is 11.3. The minimum atomic E-state index is -1.48. The van der Waals surface area contributed by atoms with Gasteiger partial charge in [-0.3, -0.25) is 0 Å². The summed E-state index contributed by atoms with van der Waals surface area (Å²) in [6, 6.07) is 8.12. The zero-order valence-electron chi connectivity index (χ0n) is 11.3. The minimum absolute atomic E-state index is 0.0518. The third-order valence-electron chi connectivity index (χ3n) is 3.36. The summed E-state index contributed by atoms with van der Waals surface area (Å²) in [6.07, 6.45) is -0.140. The molecule has 0 heterocycles. The van der Waals surface area contributed by atoms with Crippen LogP contribution in [0.5, 0.6) is 0 Å². The summed E-state index contributed by atoms with van der Waals surface area (Å²) in [5, 5.41) is 10.4. The third kappa shape index (κ3) is 2.85. The first-order valence-corrected chi connectivity index (χ1v) is 6.23. The van der Waals surface area contributed by atoms with Gasteiger partial charge < -0.3 is 5.11 Å². The van der Waals surface area contributed by atoms with Gasteiger partial charge in [0.25, 0.3) is 0 Å². The van der Waals surface area contributed by atoms with E-state index in [9.17, 15) is 18.3 Å². The highest BCUT2D eigenvalue weighted by Crippen LogP contribution is 2.28. The molecule has 0 spiro atoms. The van der Waals surface area contributed by atoms with Crippen molar-refractivity contribution in [2.45, 2.75) is 25.9 Å². The molecule has 2 rings (SSSR count). The van der Waals surface area contributed by atoms with Gasteiger partial charge in [0.15, 0.2) is 11.6 Å². The SMILES string of the molecule is Cc1ccc(C(C)(O)Cc2cccc(F)c2F)cc1F. The van der Waals surface area contributed by atoms with Crippen molar-refractivity contribution in [1.29, 1.82) is 0 Å². The molecule has 0 bridgehead atoms. The Morgan fingerprint density at radius 3 is 2.40 bits per heavy atom. The lowest BCUT2D eigenvalue weighted by atomic mass is 9.88. The lowest BCUT2D eigenvalue weighted by Gasteiger charge is -2.24. The lowest BCUT2D eigenvalue weighted by molar-refractivity contribution is 0.0562. The molecule has 1 N–H and O–H groups in total. The van der Waals surface area contributed by atoms with Crippen LogP contribution in [0.2, 0.25) is 0 Å². The van der Waals surface area contributed by atoms with E-state index in [-0.39, 0.29) is 12.0 Å². The van der Waals surface area contributed by atoms with Crippen LogP contribution in [-0.2, 0) is 12.0 Å². The first-order chi connectivity index (χ1) is 9.31. The predicted octanol–water partition coefficient (Wildman–Crippen LogP) is 3.86. The Kier molecular flexibility index (Phi) is 3.86. The Labute approximate surface area is 115 Å². The Morgan fingerprint density at radius 2 is 1.75 bits per heavy atom. The fraction of sp³-hybridized carbons (Fsp3) is 0.250. The topological polar surface area (TPSA) is 20.2 Å². The number of aryl methyl sites for hydroxylation is 1. The molecule has 1 unspecified atom stereocenters. The summed E-state index contributed by atoms with van der Waals surface area (Å²) >= 11 is 0. The summed E-state index contributed by atoms with van der Waals surface area (Å²) in [6.45, 7) is 3.06. The molecule has 4 heteroatoms. The number of hydrogen-bond acceptors (Lipinski definition) is 1. The van der Waals surface area contributed by atoms with Crippen LogP contribution >= 0.6 is 0 Å². The van der Waals surface area contributed by atoms with Crippen LogP contribution in [0.1, 0.15) is 23.6 Å². The Morgan fingerprint density at radius 1 is 1.05 bits per heavy atom. The molecular formula is C16H15F3O. The molecule has 1 nitrogen and oxygen atoms in total. The number of rotatable bonds is 3. The molecule has 0 amide bonds. The fourth-order valence-corrected chi connectivity index (χ4v) is 2.09. The molecule has 1 atom stereocenters. The summed E-state index contributed by atoms with van der Waals surface area (Å²) in [7, 11) is 0. The maximum absolute atomic E-state index is 13.6. The molecule has 2 aromatic rings. The molecule has 0 aliphatic heterocycles. The van der Waals surface area contributed by atoms with Gasteiger partial charge in [-0.1, -0.05) is 24.3 Å². The quantitative estimate of drug-likeness (QED) is 0.905. The second kappa shape index (κ2) is 5.29. The maximum atomic E-state index is 13.6. The zero-order chi connectivity index (χ0) is 14.9. The first-order valence-electron chi connectivity index (χ1n) is 6.23. The van der Waals surface area contributed by atoms with Gasteiger partial charge in [-0.25, -0.2) is 13.2 Å². The number of benzene rings is 2. The molecule has 0 radical (unpaired) electrons. The highest BCUT2D eigenvalue weighted by molar-refractivity contribution is 5.30. The largest absolute Gasteiger partial charge is 0.385 e. The highest BCUT2D eigenvalue weighted by atomic mass is 19.2. The van der Waals surface area contributed by atoms with Crippen molar-refractivity contribution in [3.63, 3.8) is 0 Å². The van der Waals surface area contributed by atoms with Gasteiger partial charge >= 0.3 is 0 Å². The predicted molar refractivity (Wildman–Crippen MR) is 70.8 cm³/mol. The average Bonchev–Trinajstić information content (AvgIpc) is 2.38. The third-order valence-corrected chi connectivity index (χ3v) is 3.36. The molecule has 0 saturated carbocycles. The smallest absolute Gasteiger partial charge is 0.162 e. The molecule has 106 valence electrons. The average molecular weight is 280 g/mol. The summed E-state index contributed by atoms with van der Waals surface area (Å²) in [5.41, 5.74) is -0.648. The van der Waals surface area contributed by atoms with E-state index >= 15 is 0 Å². The van der Waals surface area contributed by atoms with E-state index in [1.54, 1.807) is 19.1 Å². The first kappa shape index (κ1) is 14.6. The van der Waals surface area contributed by atoms with Gasteiger partial charge in [0, 0.05) is 6.42 Å². The molecule has 0 fully saturated rings. The molecule has 0 aliphatic rings. The van der Waals surface area contributed by atoms with Crippen LogP contribution < -0.4 is 0 Å². The van der Waals surface area contributed by atoms with Gasteiger partial charge in [-0.2, -0.15) is 0 Å². The van der Waals surface area contributed by atoms with Gasteiger partial charge in [-0.05, 0) is 42.7 Å². The van der Waals surface area contributed by atoms with Crippen molar-refractivity contribution in [2.24, 2.45) is 0 Å². The van der Waals surface area contributed by atoms with Gasteiger partial charge in [0.1, 0.15) is 5.82 Å². The fourth-order valence-electron chi connectivity index (χ4n) is 2.09. The molecule has 2 aromatic carbocycles. The number of aliphatic hydroxyl groups is 1. The standard InChI is InChI=1S/C16H15F3O/c1-10-6-7-12(8-14(10)18)16(2,20)9-11-4-3-5-13(17)15(11)19/h3-8,20H,9H2,1-2H3. The van der Waals surface area contributed by atoms with Crippen LogP contribution in [0.15, 0.2) is 36.4 Å². The molecule has 0 aliphatic carbocycles. The molecule has 0 aromatic heterocycles. The van der Waals surface area contributed by atoms with Crippen molar-refractivity contribution >= 4 is 0 Å². The van der Waals surface area contributed by atoms with Crippen molar-refractivity contribution in [3.05, 3.63) is 70.5 Å². The van der Waals surface area contributed by atoms with E-state index < -0.39 is 23.1 Å². The molecular weight excluding hydrogens is 265 g/mol. The van der Waals surface area contributed by atoms with Crippen LogP contribution in [0.4, 0.5) is 13.2 Å². The van der Waals surface area contributed by atoms with E-state index in [0.29, 0.717) is 11.1 Å². The second-order valence-corrected chi connectivity index (χ2v) is 5.13. The van der Waals surface area contributed by atoms with Crippen molar-refractivity contribution in [2.75, 3.05) is 0 Å². The van der Waals surface area contributed by atoms with Gasteiger partial charge in [-0.15, -0.1) is 0 Å². The van der Waals surface area contributed by atoms with Crippen molar-refractivity contribution in [3.8, 4) is 0 Å². The molecule has 0 saturated heterocycles. The van der Waals surface area contributed by atoms with Gasteiger partial charge in [0.05, 0.1) is 5.60 Å². The minimum Gasteiger partial charge on any atom is -0.385 e. The van der Waals surface area contributed by atoms with Crippen molar-refractivity contribution in [1.82, 2.24) is 0 Å². The Hall–Kier alpha value is -1.81. The maximum Gasteiger partial charge on any atom is 0.162 e. The summed E-state index contributed by atoms with van der Waals surface area (Å²) in [5.74, 6) is -2.39. The van der Waals surface area contributed by atoms with E-state index in [1.807, 2.05) is 0 Å². The van der Waals surface area contributed by atoms with Crippen LogP contribution in [0, 0.1) is 24.4 Å². The van der Waals surface area contributed by atoms with E-state index in [4.69, 9.17) is 0 Å². The normalized spacial score (nSPS) is 14.1. The van der Waals surface area contributed by atoms with Crippen LogP contribution in [-0.4, -0.2) is 5.11 Å². The lowest BCUT2D eigenvalue weighted by Crippen LogP contribution is -2.25. The summed E-state index contributed by atoms with van der Waals surface area (Å²) < 4.78 is 40.3. The van der Waals surface area contributed by atoms with Crippen LogP contribution in [0.3, 0.4) is 0 Å². The number of halogens is 3. The van der Waals surface area contributed by atoms with E-state index in [2.05, 4.69) is 0 Å². The van der Waals surface area contributed by atoms with Crippen molar-refractivity contribution < 1.29 is 18.3 Å². The number of hydrogen-bond donors (Lipinski definition) is 1. The van der Waals surface area contributed by atoms with Crippen LogP contribution in [0.25, 0.3) is 0 Å². The van der Waals surface area contributed by atoms with Gasteiger partial charge in [0.2, 0.25) is 0 Å². The second-order valence-electron chi connectivity index (χ2n) is 5.13. The van der Waals surface area contributed by atoms with E-state index in [0.717, 1.165) is 6.07 Å². The monoisotopic (exact) mass is 280 g/mol. The highest BCUT2D eigenvalue weighted by Gasteiger charge is 2.26. The Bertz CT molecular complexity index is 636. The summed E-state index contributed by atoms with van der Waals surface area (Å²) in [4.78, 5) is 0. The molecule has 20 heavy (non-hydrogen) atoms. The Balaban J connectivity index is 2.35.